The van der Waals surface area contributed by atoms with Crippen molar-refractivity contribution in [1.29, 1.82) is 0 Å². The molecule has 0 spiro atoms. The van der Waals surface area contributed by atoms with E-state index in [2.05, 4.69) is 10.6 Å². The summed E-state index contributed by atoms with van der Waals surface area (Å²) in [5, 5.41) is 4.91. The number of nitrogens with zero attached hydrogens (tertiary/aromatic N) is 1. The smallest absolute Gasteiger partial charge is 0.329 e. The zero-order valence-electron chi connectivity index (χ0n) is 20.1. The summed E-state index contributed by atoms with van der Waals surface area (Å²) in [5.41, 5.74) is 0.838. The largest absolute Gasteiger partial charge is 0.490 e. The molecule has 4 amide bonds. The van der Waals surface area contributed by atoms with Crippen molar-refractivity contribution in [1.82, 2.24) is 10.2 Å². The van der Waals surface area contributed by atoms with E-state index in [0.717, 1.165) is 0 Å². The number of hydrogen-bond donors (Lipinski definition) is 2. The van der Waals surface area contributed by atoms with Crippen LogP contribution in [0.2, 0.25) is 5.02 Å². The highest BCUT2D eigenvalue weighted by Crippen LogP contribution is 2.38. The van der Waals surface area contributed by atoms with Gasteiger partial charge in [-0.25, -0.2) is 18.5 Å². The maximum atomic E-state index is 13.8. The number of benzene rings is 3. The number of nitrogens with one attached hydrogen (secondary N) is 2. The molecule has 196 valence electrons. The summed E-state index contributed by atoms with van der Waals surface area (Å²) >= 11 is 6.43. The van der Waals surface area contributed by atoms with Crippen molar-refractivity contribution >= 4 is 41.2 Å². The molecular weight excluding hydrogens is 520 g/mol. The molecule has 4 rings (SSSR count). The second kappa shape index (κ2) is 11.7. The number of hydrogen-bond acceptors (Lipinski definition) is 5. The minimum Gasteiger partial charge on any atom is -0.490 e. The van der Waals surface area contributed by atoms with Crippen LogP contribution in [0.15, 0.2) is 66.4 Å². The molecule has 0 aromatic heterocycles. The summed E-state index contributed by atoms with van der Waals surface area (Å²) in [6.07, 6.45) is 1.37. The fourth-order valence-corrected chi connectivity index (χ4v) is 3.91. The van der Waals surface area contributed by atoms with E-state index in [1.54, 1.807) is 25.1 Å². The van der Waals surface area contributed by atoms with Gasteiger partial charge in [0.1, 0.15) is 30.5 Å². The number of rotatable bonds is 9. The number of carbonyl (C=O) groups excluding carboxylic acids is 3. The Bertz CT molecular complexity index is 1430. The fourth-order valence-electron chi connectivity index (χ4n) is 3.63. The van der Waals surface area contributed by atoms with Crippen LogP contribution in [-0.4, -0.2) is 35.9 Å². The number of ether oxygens (including phenoxy) is 2. The Balaban J connectivity index is 1.50. The highest BCUT2D eigenvalue weighted by atomic mass is 35.5. The molecular formula is C27H22ClF2N3O5. The fraction of sp³-hybridized carbons (Fsp3) is 0.148. The average molecular weight is 542 g/mol. The first-order valence-electron chi connectivity index (χ1n) is 11.5. The first kappa shape index (κ1) is 26.6. The molecule has 1 aliphatic heterocycles. The molecule has 0 bridgehead atoms. The minimum absolute atomic E-state index is 0.0381. The van der Waals surface area contributed by atoms with Gasteiger partial charge in [-0.3, -0.25) is 9.59 Å². The molecule has 1 saturated heterocycles. The third kappa shape index (κ3) is 6.27. The zero-order chi connectivity index (χ0) is 27.2. The molecule has 0 unspecified atom stereocenters. The van der Waals surface area contributed by atoms with Gasteiger partial charge in [-0.1, -0.05) is 35.9 Å². The number of halogens is 3. The van der Waals surface area contributed by atoms with E-state index in [1.807, 2.05) is 0 Å². The first-order chi connectivity index (χ1) is 18.2. The standard InChI is InChI=1S/C27H22ClF2N3O5/c1-2-37-23-13-17(11-19(28)25(23)38-15-16-6-5-7-18(29)10-16)12-22-26(35)33(27(36)32-22)14-24(34)31-21-9-4-3-8-20(21)30/h3-13H,2,14-15H2,1H3,(H,31,34)(H,32,36)/b22-12+. The van der Waals surface area contributed by atoms with E-state index in [4.69, 9.17) is 21.1 Å². The Hall–Kier alpha value is -4.44. The summed E-state index contributed by atoms with van der Waals surface area (Å²) in [4.78, 5) is 38.2. The Morgan fingerprint density at radius 2 is 1.87 bits per heavy atom. The number of imide groups is 1. The van der Waals surface area contributed by atoms with E-state index in [0.29, 0.717) is 16.0 Å². The molecule has 3 aromatic rings. The van der Waals surface area contributed by atoms with Crippen LogP contribution in [0.3, 0.4) is 0 Å². The lowest BCUT2D eigenvalue weighted by molar-refractivity contribution is -0.127. The van der Waals surface area contributed by atoms with Gasteiger partial charge in [0.25, 0.3) is 5.91 Å². The van der Waals surface area contributed by atoms with Crippen molar-refractivity contribution in [2.24, 2.45) is 0 Å². The van der Waals surface area contributed by atoms with Crippen LogP contribution in [-0.2, 0) is 16.2 Å². The van der Waals surface area contributed by atoms with Gasteiger partial charge in [0.05, 0.1) is 17.3 Å². The Labute approximate surface area is 221 Å². The third-order valence-electron chi connectivity index (χ3n) is 5.33. The molecule has 2 N–H and O–H groups in total. The van der Waals surface area contributed by atoms with Crippen molar-refractivity contribution in [3.8, 4) is 11.5 Å². The van der Waals surface area contributed by atoms with E-state index in [-0.39, 0.29) is 41.1 Å². The SMILES string of the molecule is CCOc1cc(/C=C2/NC(=O)N(CC(=O)Nc3ccccc3F)C2=O)cc(Cl)c1OCc1cccc(F)c1. The Morgan fingerprint density at radius 3 is 2.61 bits per heavy atom. The first-order valence-corrected chi connectivity index (χ1v) is 11.9. The molecule has 1 aliphatic rings. The van der Waals surface area contributed by atoms with Gasteiger partial charge >= 0.3 is 6.03 Å². The van der Waals surface area contributed by atoms with E-state index < -0.39 is 36.0 Å². The van der Waals surface area contributed by atoms with Crippen LogP contribution >= 0.6 is 11.6 Å². The predicted octanol–water partition coefficient (Wildman–Crippen LogP) is 5.13. The van der Waals surface area contributed by atoms with Crippen LogP contribution in [0.4, 0.5) is 19.3 Å². The highest BCUT2D eigenvalue weighted by molar-refractivity contribution is 6.32. The molecule has 0 atom stereocenters. The van der Waals surface area contributed by atoms with Crippen LogP contribution < -0.4 is 20.1 Å². The molecule has 0 aliphatic carbocycles. The maximum Gasteiger partial charge on any atom is 0.329 e. The summed E-state index contributed by atoms with van der Waals surface area (Å²) in [6, 6.07) is 13.7. The molecule has 38 heavy (non-hydrogen) atoms. The van der Waals surface area contributed by atoms with Crippen molar-refractivity contribution < 1.29 is 32.6 Å². The molecule has 1 fully saturated rings. The van der Waals surface area contributed by atoms with Gasteiger partial charge in [0.15, 0.2) is 11.5 Å². The number of anilines is 1. The lowest BCUT2D eigenvalue weighted by Gasteiger charge is -2.15. The van der Waals surface area contributed by atoms with Crippen molar-refractivity contribution in [3.63, 3.8) is 0 Å². The van der Waals surface area contributed by atoms with Gasteiger partial charge in [-0.2, -0.15) is 0 Å². The topological polar surface area (TPSA) is 97.0 Å². The molecule has 1 heterocycles. The van der Waals surface area contributed by atoms with Crippen LogP contribution in [0.1, 0.15) is 18.1 Å². The Kier molecular flexibility index (Phi) is 8.22. The van der Waals surface area contributed by atoms with Gasteiger partial charge in [0.2, 0.25) is 5.91 Å². The van der Waals surface area contributed by atoms with Crippen molar-refractivity contribution in [2.75, 3.05) is 18.5 Å². The molecule has 11 heteroatoms. The number of urea groups is 1. The monoisotopic (exact) mass is 541 g/mol. The summed E-state index contributed by atoms with van der Waals surface area (Å²) in [7, 11) is 0. The van der Waals surface area contributed by atoms with Gasteiger partial charge in [-0.05, 0) is 60.5 Å². The third-order valence-corrected chi connectivity index (χ3v) is 5.61. The highest BCUT2D eigenvalue weighted by Gasteiger charge is 2.35. The molecule has 0 radical (unpaired) electrons. The molecule has 0 saturated carbocycles. The van der Waals surface area contributed by atoms with E-state index in [1.165, 1.54) is 48.5 Å². The Morgan fingerprint density at radius 1 is 1.08 bits per heavy atom. The quantitative estimate of drug-likeness (QED) is 0.289. The number of carbonyl (C=O) groups is 3. The van der Waals surface area contributed by atoms with Gasteiger partial charge in [0, 0.05) is 0 Å². The lowest BCUT2D eigenvalue weighted by atomic mass is 10.1. The van der Waals surface area contributed by atoms with Crippen LogP contribution in [0.25, 0.3) is 6.08 Å². The number of amides is 4. The maximum absolute atomic E-state index is 13.8. The van der Waals surface area contributed by atoms with Gasteiger partial charge < -0.3 is 20.1 Å². The van der Waals surface area contributed by atoms with E-state index in [9.17, 15) is 23.2 Å². The second-order valence-corrected chi connectivity index (χ2v) is 8.50. The number of para-hydroxylation sites is 1. The minimum atomic E-state index is -0.809. The molecule has 8 nitrogen and oxygen atoms in total. The predicted molar refractivity (Wildman–Crippen MR) is 137 cm³/mol. The lowest BCUT2D eigenvalue weighted by Crippen LogP contribution is -2.38. The second-order valence-electron chi connectivity index (χ2n) is 8.09. The summed E-state index contributed by atoms with van der Waals surface area (Å²) < 4.78 is 38.7. The normalized spacial score (nSPS) is 14.0. The van der Waals surface area contributed by atoms with Gasteiger partial charge in [-0.15, -0.1) is 0 Å². The van der Waals surface area contributed by atoms with Crippen molar-refractivity contribution in [2.45, 2.75) is 13.5 Å². The summed E-state index contributed by atoms with van der Waals surface area (Å²) in [6.45, 7) is 1.47. The zero-order valence-corrected chi connectivity index (χ0v) is 20.9. The van der Waals surface area contributed by atoms with Crippen molar-refractivity contribution in [3.05, 3.63) is 94.1 Å². The van der Waals surface area contributed by atoms with E-state index >= 15 is 0 Å². The van der Waals surface area contributed by atoms with Crippen LogP contribution in [0.5, 0.6) is 11.5 Å². The average Bonchev–Trinajstić information content (AvgIpc) is 3.12. The molecule has 3 aromatic carbocycles. The van der Waals surface area contributed by atoms with Crippen LogP contribution in [0, 0.1) is 11.6 Å². The summed E-state index contributed by atoms with van der Waals surface area (Å²) in [5.74, 6) is -2.04.